The number of ether oxygens (including phenoxy) is 1. The van der Waals surface area contributed by atoms with E-state index in [9.17, 15) is 65.5 Å². The zero-order valence-corrected chi connectivity index (χ0v) is 73.2. The van der Waals surface area contributed by atoms with E-state index >= 15 is 0 Å². The van der Waals surface area contributed by atoms with E-state index in [2.05, 4.69) is 49.6 Å². The smallest absolute Gasteiger partial charge is 0.336 e. The van der Waals surface area contributed by atoms with E-state index in [1.165, 1.54) is 82.4 Å². The molecule has 1 fully saturated rings. The maximum atomic E-state index is 14.3. The number of aromatic nitrogens is 8. The van der Waals surface area contributed by atoms with Crippen LogP contribution >= 0.6 is 57.2 Å². The molecular weight excluding hydrogens is 1710 g/mol. The normalized spacial score (nSPS) is 11.9. The fourth-order valence-electron chi connectivity index (χ4n) is 15.5. The van der Waals surface area contributed by atoms with Crippen LogP contribution in [0.15, 0.2) is 261 Å². The maximum Gasteiger partial charge on any atom is 0.336 e. The van der Waals surface area contributed by atoms with Crippen molar-refractivity contribution in [1.29, 1.82) is 0 Å². The molecule has 644 valence electrons. The van der Waals surface area contributed by atoms with Crippen LogP contribution in [0.3, 0.4) is 0 Å². The zero-order valence-electron chi connectivity index (χ0n) is 69.2. The van der Waals surface area contributed by atoms with Crippen molar-refractivity contribution in [3.05, 3.63) is 400 Å². The van der Waals surface area contributed by atoms with Crippen molar-refractivity contribution in [2.75, 3.05) is 7.11 Å². The van der Waals surface area contributed by atoms with Crippen molar-refractivity contribution in [2.45, 2.75) is 125 Å². The first-order valence-electron chi connectivity index (χ1n) is 40.3. The van der Waals surface area contributed by atoms with Gasteiger partial charge in [0.15, 0.2) is 0 Å². The first-order chi connectivity index (χ1) is 60.6. The van der Waals surface area contributed by atoms with Gasteiger partial charge in [0.2, 0.25) is 11.8 Å². The van der Waals surface area contributed by atoms with Crippen LogP contribution in [0.5, 0.6) is 5.75 Å². The van der Waals surface area contributed by atoms with Crippen molar-refractivity contribution >= 4 is 111 Å². The minimum Gasteiger partial charge on any atom is -0.497 e. The number of hydrogen-bond acceptors (Lipinski definition) is 14. The molecule has 1 aliphatic rings. The number of methoxy groups -OCH3 is 1. The molecule has 0 saturated heterocycles. The van der Waals surface area contributed by atoms with Gasteiger partial charge in [-0.2, -0.15) is 0 Å². The van der Waals surface area contributed by atoms with Crippen LogP contribution in [0.25, 0.3) is 58.6 Å². The van der Waals surface area contributed by atoms with E-state index in [-0.39, 0.29) is 86.8 Å². The summed E-state index contributed by atoms with van der Waals surface area (Å²) in [6.45, 7) is 11.7. The number of benzene rings is 9. The number of halogens is 6. The van der Waals surface area contributed by atoms with Gasteiger partial charge >= 0.3 is 22.8 Å². The highest BCUT2D eigenvalue weighted by Gasteiger charge is 2.25. The molecule has 1 saturated carbocycles. The Morgan fingerprint density at radius 1 is 0.444 bits per heavy atom. The average molecular weight is 1800 g/mol. The molecule has 0 atom stereocenters. The number of amides is 2. The van der Waals surface area contributed by atoms with Crippen molar-refractivity contribution in [3.8, 4) is 22.8 Å². The SMILES string of the molecule is COc1cccc(-n2c(=O)c3sccc3n(Cc3ccc(C)cc3C)c2=O)c1.Cc1cc(C)c(Cn2c(=O)n(CCCC(=O)NC3CCCC3)c(=O)c3ccccc32)c(C)c1.O=C(Cc1ccc(-n2c(=O)c3sccc3n(Cc3ccc(F)cc3Cl)c2=O)cc1)NCc1ccccc1.O=c1c2sccc2n(Cc2ccc(F)cc2Cl)c(=O)n1-c1ccc(F)cc1F. The Hall–Kier alpha value is -13.1. The lowest BCUT2D eigenvalue weighted by molar-refractivity contribution is -0.122. The van der Waals surface area contributed by atoms with E-state index < -0.39 is 45.8 Å². The minimum absolute atomic E-state index is 0.00182. The lowest BCUT2D eigenvalue weighted by atomic mass is 9.99. The number of hydrogen-bond donors (Lipinski definition) is 2. The van der Waals surface area contributed by atoms with Gasteiger partial charge in [-0.3, -0.25) is 51.6 Å². The van der Waals surface area contributed by atoms with E-state index in [1.54, 1.807) is 93.7 Å². The summed E-state index contributed by atoms with van der Waals surface area (Å²) in [6, 6.07) is 56.8. The van der Waals surface area contributed by atoms with Crippen LogP contribution in [-0.2, 0) is 55.3 Å². The fourth-order valence-corrected chi connectivity index (χ4v) is 18.5. The van der Waals surface area contributed by atoms with E-state index in [0.717, 1.165) is 98.7 Å². The van der Waals surface area contributed by atoms with Gasteiger partial charge in [-0.05, 0) is 211 Å². The number of rotatable bonds is 21. The van der Waals surface area contributed by atoms with Gasteiger partial charge in [-0.15, -0.1) is 34.0 Å². The zero-order chi connectivity index (χ0) is 89.3. The minimum atomic E-state index is -1.04. The summed E-state index contributed by atoms with van der Waals surface area (Å²) in [5.41, 5.74) is 9.55. The molecule has 7 heterocycles. The summed E-state index contributed by atoms with van der Waals surface area (Å²) < 4.78 is 71.2. The topological polar surface area (TPSA) is 243 Å². The summed E-state index contributed by atoms with van der Waals surface area (Å²) in [5.74, 6) is -2.41. The molecule has 2 N–H and O–H groups in total. The fraction of sp³-hybridized carbons (Fsp3) is 0.208. The lowest BCUT2D eigenvalue weighted by Gasteiger charge is -2.17. The van der Waals surface area contributed by atoms with Gasteiger partial charge in [0.1, 0.15) is 43.1 Å². The third kappa shape index (κ3) is 19.8. The molecule has 30 heteroatoms. The molecule has 0 spiro atoms. The predicted octanol–water partition coefficient (Wildman–Crippen LogP) is 17.1. The van der Waals surface area contributed by atoms with Gasteiger partial charge in [0.25, 0.3) is 22.2 Å². The van der Waals surface area contributed by atoms with Crippen LogP contribution in [0.2, 0.25) is 10.0 Å². The predicted molar refractivity (Wildman–Crippen MR) is 491 cm³/mol. The van der Waals surface area contributed by atoms with Gasteiger partial charge in [-0.1, -0.05) is 150 Å². The molecule has 0 aliphatic heterocycles. The van der Waals surface area contributed by atoms with Crippen molar-refractivity contribution in [1.82, 2.24) is 47.2 Å². The molecule has 9 aromatic carbocycles. The molecule has 126 heavy (non-hydrogen) atoms. The molecule has 2 amide bonds. The van der Waals surface area contributed by atoms with Crippen LogP contribution in [0, 0.1) is 57.9 Å². The Balaban J connectivity index is 0.000000137. The largest absolute Gasteiger partial charge is 0.497 e. The van der Waals surface area contributed by atoms with Crippen LogP contribution in [-0.4, -0.2) is 61.5 Å². The van der Waals surface area contributed by atoms with Crippen LogP contribution < -0.4 is 60.4 Å². The lowest BCUT2D eigenvalue weighted by Crippen LogP contribution is -2.40. The molecule has 1 aliphatic carbocycles. The Labute approximate surface area is 739 Å². The quantitative estimate of drug-likeness (QED) is 0.0641. The summed E-state index contributed by atoms with van der Waals surface area (Å²) in [7, 11) is 1.56. The molecule has 17 rings (SSSR count). The molecule has 21 nitrogen and oxygen atoms in total. The Morgan fingerprint density at radius 2 is 0.952 bits per heavy atom. The third-order valence-corrected chi connectivity index (χ3v) is 25.3. The highest BCUT2D eigenvalue weighted by molar-refractivity contribution is 7.17. The van der Waals surface area contributed by atoms with Crippen molar-refractivity contribution in [2.24, 2.45) is 0 Å². The highest BCUT2D eigenvalue weighted by atomic mass is 35.5. The first kappa shape index (κ1) is 89.2. The number of thiophene rings is 3. The Kier molecular flexibility index (Phi) is 27.9. The van der Waals surface area contributed by atoms with Gasteiger partial charge in [-0.25, -0.2) is 50.4 Å². The second-order valence-corrected chi connectivity index (χ2v) is 34.2. The molecule has 0 unspecified atom stereocenters. The van der Waals surface area contributed by atoms with Gasteiger partial charge in [0.05, 0.1) is 84.2 Å². The number of fused-ring (bicyclic) bond motifs is 4. The number of aryl methyl sites for hydroxylation is 5. The number of nitrogens with one attached hydrogen (secondary N) is 2. The molecule has 0 radical (unpaired) electrons. The summed E-state index contributed by atoms with van der Waals surface area (Å²) >= 11 is 15.9. The summed E-state index contributed by atoms with van der Waals surface area (Å²) in [6.07, 6.45) is 5.34. The van der Waals surface area contributed by atoms with Gasteiger partial charge < -0.3 is 15.4 Å². The van der Waals surface area contributed by atoms with E-state index in [1.807, 2.05) is 86.0 Å². The number of carbonyl (C=O) groups is 2. The van der Waals surface area contributed by atoms with Crippen LogP contribution in [0.4, 0.5) is 17.6 Å². The Morgan fingerprint density at radius 3 is 1.52 bits per heavy atom. The second kappa shape index (κ2) is 39.4. The summed E-state index contributed by atoms with van der Waals surface area (Å²) in [4.78, 5) is 130. The molecule has 16 aromatic rings. The number of para-hydroxylation sites is 1. The highest BCUT2D eigenvalue weighted by Crippen LogP contribution is 2.28. The molecule has 7 aromatic heterocycles. The average Bonchev–Trinajstić information content (AvgIpc) is 1.43. The van der Waals surface area contributed by atoms with Crippen LogP contribution in [0.1, 0.15) is 99.7 Å². The Bertz CT molecular complexity index is 7360. The van der Waals surface area contributed by atoms with E-state index in [4.69, 9.17) is 27.9 Å². The van der Waals surface area contributed by atoms with Gasteiger partial charge in [0, 0.05) is 47.7 Å². The monoisotopic (exact) mass is 1790 g/mol. The number of nitrogens with zero attached hydrogens (tertiary/aromatic N) is 8. The third-order valence-electron chi connectivity index (χ3n) is 21.9. The second-order valence-electron chi connectivity index (χ2n) is 30.6. The molecular formula is C96H84Cl2F4N10O11S3. The van der Waals surface area contributed by atoms with Crippen molar-refractivity contribution in [3.63, 3.8) is 0 Å². The standard InChI is InChI=1S/C28H21ClFN3O3S.C27H33N3O3.C22H20N2O3S.C19H10ClF3N2O2S/c29-23-15-21(30)9-8-20(23)17-32-24-12-13-37-26(24)27(35)33(28(32)36)22-10-6-18(7-11-22)14-25(34)31-16-19-4-2-1-3-5-19;1-18-15-19(2)23(20(3)16-18)17-30-24-12-7-6-11-22(24)26(32)29(27(30)33)14-8-13-25(31)28-21-9-4-5-10-21;1-14-7-8-16(15(2)11-14)13-23-19-9-10-28-20(19)21(25)24(22(23)26)17-5-4-6-18(12-17)27-3;20-13-7-11(21)2-1-10(13)9-24-16-5-6-28-17(16)18(26)25(19(24)27)15-4-3-12(22)8-14(15)23/h1-13,15H,14,16-17H2,(H,31,34);6-7,11-12,15-16,21H,4-5,8-10,13-14,17H2,1-3H3,(H,28,31);4-12H,13H2,1-3H3;1-8H,9H2. The maximum absolute atomic E-state index is 14.3. The first-order valence-corrected chi connectivity index (χ1v) is 43.7. The van der Waals surface area contributed by atoms with Crippen molar-refractivity contribution < 1.29 is 31.9 Å². The number of carbonyl (C=O) groups excluding carboxylic acids is 2. The molecule has 0 bridgehead atoms. The van der Waals surface area contributed by atoms with E-state index in [0.29, 0.717) is 108 Å². The summed E-state index contributed by atoms with van der Waals surface area (Å²) in [5, 5.41) is 12.0.